The summed E-state index contributed by atoms with van der Waals surface area (Å²) in [6.07, 6.45) is 2.85. The second-order valence-corrected chi connectivity index (χ2v) is 6.28. The van der Waals surface area contributed by atoms with Crippen LogP contribution in [0.3, 0.4) is 0 Å². The molecule has 0 saturated carbocycles. The molecule has 1 atom stereocenters. The van der Waals surface area contributed by atoms with Crippen molar-refractivity contribution in [2.45, 2.75) is 25.8 Å². The van der Waals surface area contributed by atoms with E-state index in [-0.39, 0.29) is 5.69 Å². The Morgan fingerprint density at radius 3 is 2.88 bits per heavy atom. The van der Waals surface area contributed by atoms with Gasteiger partial charge in [-0.25, -0.2) is 9.48 Å². The quantitative estimate of drug-likeness (QED) is 0.772. The number of hydrogen-bond acceptors (Lipinski definition) is 5. The van der Waals surface area contributed by atoms with Crippen molar-refractivity contribution in [2.75, 3.05) is 6.54 Å². The van der Waals surface area contributed by atoms with Crippen LogP contribution >= 0.6 is 0 Å². The van der Waals surface area contributed by atoms with Gasteiger partial charge in [0, 0.05) is 18.1 Å². The second kappa shape index (κ2) is 6.21. The summed E-state index contributed by atoms with van der Waals surface area (Å²) in [5.74, 6) is -1.38. The molecule has 2 aromatic heterocycles. The zero-order valence-electron chi connectivity index (χ0n) is 14.2. The monoisotopic (exact) mass is 351 g/mol. The smallest absolute Gasteiger partial charge is 0.326 e. The number of hydrogen-bond donors (Lipinski definition) is 1. The third-order valence-electron chi connectivity index (χ3n) is 4.75. The van der Waals surface area contributed by atoms with Crippen LogP contribution in [0, 0.1) is 6.92 Å². The van der Waals surface area contributed by atoms with Crippen molar-refractivity contribution in [2.24, 2.45) is 0 Å². The summed E-state index contributed by atoms with van der Waals surface area (Å²) in [4.78, 5) is 29.9. The van der Waals surface area contributed by atoms with E-state index in [1.807, 2.05) is 30.3 Å². The van der Waals surface area contributed by atoms with E-state index in [9.17, 15) is 14.7 Å². The number of pyridine rings is 1. The van der Waals surface area contributed by atoms with Gasteiger partial charge < -0.3 is 10.0 Å². The van der Waals surface area contributed by atoms with Gasteiger partial charge in [-0.05, 0) is 44.0 Å². The number of rotatable bonds is 3. The maximum atomic E-state index is 12.8. The SMILES string of the molecule is Cc1c(C(=O)N2CCC[C@H]2C(=O)O)nnn1-c1cccc2ncccc12. The average Bonchev–Trinajstić information content (AvgIpc) is 3.28. The maximum absolute atomic E-state index is 12.8. The van der Waals surface area contributed by atoms with E-state index in [0.29, 0.717) is 25.1 Å². The summed E-state index contributed by atoms with van der Waals surface area (Å²) >= 11 is 0. The molecule has 8 nitrogen and oxygen atoms in total. The van der Waals surface area contributed by atoms with Gasteiger partial charge >= 0.3 is 5.97 Å². The van der Waals surface area contributed by atoms with E-state index < -0.39 is 17.9 Å². The van der Waals surface area contributed by atoms with E-state index >= 15 is 0 Å². The number of carbonyl (C=O) groups is 2. The number of carboxylic acids is 1. The van der Waals surface area contributed by atoms with E-state index in [0.717, 1.165) is 16.6 Å². The van der Waals surface area contributed by atoms with Gasteiger partial charge in [-0.2, -0.15) is 0 Å². The van der Waals surface area contributed by atoms with Gasteiger partial charge in [0.25, 0.3) is 5.91 Å². The van der Waals surface area contributed by atoms with Crippen LogP contribution < -0.4 is 0 Å². The second-order valence-electron chi connectivity index (χ2n) is 6.28. The minimum absolute atomic E-state index is 0.180. The maximum Gasteiger partial charge on any atom is 0.326 e. The van der Waals surface area contributed by atoms with Gasteiger partial charge in [0.2, 0.25) is 0 Å². The molecular formula is C18H17N5O3. The zero-order valence-corrected chi connectivity index (χ0v) is 14.2. The Hall–Kier alpha value is -3.29. The summed E-state index contributed by atoms with van der Waals surface area (Å²) in [7, 11) is 0. The first kappa shape index (κ1) is 16.2. The standard InChI is InChI=1S/C18H17N5O3/c1-11-16(17(24)22-10-4-8-15(22)18(25)26)20-21-23(11)14-7-2-6-13-12(14)5-3-9-19-13/h2-3,5-7,9,15H,4,8,10H2,1H3,(H,25,26)/t15-/m0/s1. The predicted octanol–water partition coefficient (Wildman–Crippen LogP) is 1.81. The number of aromatic nitrogens is 4. The van der Waals surface area contributed by atoms with Crippen LogP contribution in [0.25, 0.3) is 16.6 Å². The van der Waals surface area contributed by atoms with Gasteiger partial charge in [-0.1, -0.05) is 11.3 Å². The highest BCUT2D eigenvalue weighted by Crippen LogP contribution is 2.24. The molecular weight excluding hydrogens is 334 g/mol. The molecule has 26 heavy (non-hydrogen) atoms. The molecule has 1 saturated heterocycles. The van der Waals surface area contributed by atoms with Crippen molar-refractivity contribution >= 4 is 22.8 Å². The minimum atomic E-state index is -0.985. The molecule has 1 aromatic carbocycles. The van der Waals surface area contributed by atoms with Gasteiger partial charge in [-0.3, -0.25) is 9.78 Å². The van der Waals surface area contributed by atoms with Crippen molar-refractivity contribution in [1.82, 2.24) is 24.9 Å². The highest BCUT2D eigenvalue weighted by Gasteiger charge is 2.36. The van der Waals surface area contributed by atoms with Crippen LogP contribution in [-0.2, 0) is 4.79 Å². The number of benzene rings is 1. The van der Waals surface area contributed by atoms with E-state index in [1.54, 1.807) is 17.8 Å². The summed E-state index contributed by atoms with van der Waals surface area (Å²) < 4.78 is 1.60. The fourth-order valence-electron chi connectivity index (χ4n) is 3.43. The van der Waals surface area contributed by atoms with Crippen LogP contribution in [0.1, 0.15) is 29.0 Å². The molecule has 4 rings (SSSR count). The molecule has 3 heterocycles. The van der Waals surface area contributed by atoms with Crippen molar-refractivity contribution in [1.29, 1.82) is 0 Å². The summed E-state index contributed by atoms with van der Waals surface area (Å²) in [6, 6.07) is 8.63. The summed E-state index contributed by atoms with van der Waals surface area (Å²) in [5.41, 5.74) is 2.34. The number of likely N-dealkylation sites (tertiary alicyclic amines) is 1. The van der Waals surface area contributed by atoms with E-state index in [2.05, 4.69) is 15.3 Å². The molecule has 3 aromatic rings. The normalized spacial score (nSPS) is 17.0. The molecule has 0 radical (unpaired) electrons. The molecule has 8 heteroatoms. The fraction of sp³-hybridized carbons (Fsp3) is 0.278. The molecule has 1 aliphatic heterocycles. The lowest BCUT2D eigenvalue weighted by molar-refractivity contribution is -0.141. The lowest BCUT2D eigenvalue weighted by Crippen LogP contribution is -2.40. The Kier molecular flexibility index (Phi) is 3.87. The topological polar surface area (TPSA) is 101 Å². The van der Waals surface area contributed by atoms with Crippen molar-refractivity contribution < 1.29 is 14.7 Å². The average molecular weight is 351 g/mol. The molecule has 1 fully saturated rings. The lowest BCUT2D eigenvalue weighted by Gasteiger charge is -2.20. The first-order valence-electron chi connectivity index (χ1n) is 8.38. The molecule has 1 amide bonds. The van der Waals surface area contributed by atoms with Crippen LogP contribution in [0.2, 0.25) is 0 Å². The highest BCUT2D eigenvalue weighted by molar-refractivity contribution is 5.96. The Labute approximate surface area is 149 Å². The Morgan fingerprint density at radius 1 is 1.23 bits per heavy atom. The van der Waals surface area contributed by atoms with Crippen LogP contribution in [0.5, 0.6) is 0 Å². The number of amides is 1. The fourth-order valence-corrected chi connectivity index (χ4v) is 3.43. The predicted molar refractivity (Wildman–Crippen MR) is 93.1 cm³/mol. The lowest BCUT2D eigenvalue weighted by atomic mass is 10.1. The molecule has 0 aliphatic carbocycles. The number of carboxylic acid groups (broad SMARTS) is 1. The zero-order chi connectivity index (χ0) is 18.3. The molecule has 0 bridgehead atoms. The minimum Gasteiger partial charge on any atom is -0.480 e. The van der Waals surface area contributed by atoms with Crippen molar-refractivity contribution in [3.05, 3.63) is 47.9 Å². The van der Waals surface area contributed by atoms with Gasteiger partial charge in [-0.15, -0.1) is 5.10 Å². The highest BCUT2D eigenvalue weighted by atomic mass is 16.4. The van der Waals surface area contributed by atoms with Crippen LogP contribution in [0.4, 0.5) is 0 Å². The van der Waals surface area contributed by atoms with E-state index in [1.165, 1.54) is 4.90 Å². The largest absolute Gasteiger partial charge is 0.480 e. The van der Waals surface area contributed by atoms with Gasteiger partial charge in [0.05, 0.1) is 16.9 Å². The summed E-state index contributed by atoms with van der Waals surface area (Å²) in [6.45, 7) is 2.18. The molecule has 132 valence electrons. The Morgan fingerprint density at radius 2 is 2.08 bits per heavy atom. The van der Waals surface area contributed by atoms with Crippen molar-refractivity contribution in [3.63, 3.8) is 0 Å². The van der Waals surface area contributed by atoms with Gasteiger partial charge in [0.15, 0.2) is 5.69 Å². The molecule has 1 aliphatic rings. The number of carbonyl (C=O) groups excluding carboxylic acids is 1. The van der Waals surface area contributed by atoms with Crippen LogP contribution in [0.15, 0.2) is 36.5 Å². The molecule has 0 spiro atoms. The third-order valence-corrected chi connectivity index (χ3v) is 4.75. The van der Waals surface area contributed by atoms with Gasteiger partial charge in [0.1, 0.15) is 6.04 Å². The van der Waals surface area contributed by atoms with Crippen molar-refractivity contribution in [3.8, 4) is 5.69 Å². The van der Waals surface area contributed by atoms with Crippen LogP contribution in [-0.4, -0.2) is 54.4 Å². The Bertz CT molecular complexity index is 1010. The Balaban J connectivity index is 1.75. The van der Waals surface area contributed by atoms with E-state index in [4.69, 9.17) is 0 Å². The number of fused-ring (bicyclic) bond motifs is 1. The summed E-state index contributed by atoms with van der Waals surface area (Å²) in [5, 5.41) is 18.4. The number of aliphatic carboxylic acids is 1. The third kappa shape index (κ3) is 2.50. The first-order chi connectivity index (χ1) is 12.6. The first-order valence-corrected chi connectivity index (χ1v) is 8.38. The molecule has 1 N–H and O–H groups in total. The molecule has 0 unspecified atom stereocenters. The number of nitrogens with zero attached hydrogens (tertiary/aromatic N) is 5.